The normalized spacial score (nSPS) is 16.1. The van der Waals surface area contributed by atoms with Crippen molar-refractivity contribution in [2.45, 2.75) is 32.7 Å². The van der Waals surface area contributed by atoms with E-state index in [4.69, 9.17) is 11.6 Å². The lowest BCUT2D eigenvalue weighted by Gasteiger charge is -2.40. The number of benzene rings is 2. The van der Waals surface area contributed by atoms with Crippen LogP contribution in [0.15, 0.2) is 48.5 Å². The zero-order chi connectivity index (χ0) is 23.1. The van der Waals surface area contributed by atoms with E-state index < -0.39 is 0 Å². The molecule has 0 radical (unpaired) electrons. The highest BCUT2D eigenvalue weighted by Gasteiger charge is 2.31. The molecule has 33 heavy (non-hydrogen) atoms. The van der Waals surface area contributed by atoms with E-state index in [2.05, 4.69) is 64.1 Å². The van der Waals surface area contributed by atoms with Crippen molar-refractivity contribution in [3.63, 3.8) is 0 Å². The Balaban J connectivity index is 1.47. The van der Waals surface area contributed by atoms with E-state index in [1.165, 1.54) is 22.5 Å². The number of fused-ring (bicyclic) bond motifs is 1. The number of thiazole rings is 1. The van der Waals surface area contributed by atoms with Gasteiger partial charge in [-0.1, -0.05) is 67.1 Å². The Morgan fingerprint density at radius 1 is 1.00 bits per heavy atom. The second-order valence-corrected chi connectivity index (χ2v) is 10.3. The third kappa shape index (κ3) is 4.33. The molecule has 0 spiro atoms. The second-order valence-electron chi connectivity index (χ2n) is 8.87. The molecule has 5 rings (SSSR count). The number of halogens is 1. The van der Waals surface area contributed by atoms with E-state index in [9.17, 15) is 5.11 Å². The van der Waals surface area contributed by atoms with Crippen molar-refractivity contribution >= 4 is 33.6 Å². The Bertz CT molecular complexity index is 1260. The maximum absolute atomic E-state index is 11.1. The molecule has 0 amide bonds. The SMILES string of the molecule is Cc1nc2sc(C(c3ccc(C(C)C)cc3)N3CCN(c4cccc(Cl)c4)CC3)c(O)n2n1. The first-order valence-corrected chi connectivity index (χ1v) is 12.5. The van der Waals surface area contributed by atoms with Gasteiger partial charge in [0, 0.05) is 36.9 Å². The minimum absolute atomic E-state index is 0.0541. The number of hydrogen-bond acceptors (Lipinski definition) is 6. The molecule has 0 bridgehead atoms. The summed E-state index contributed by atoms with van der Waals surface area (Å²) >= 11 is 7.73. The van der Waals surface area contributed by atoms with Crippen LogP contribution in [0, 0.1) is 6.92 Å². The van der Waals surface area contributed by atoms with Gasteiger partial charge in [-0.3, -0.25) is 4.90 Å². The third-order valence-corrected chi connectivity index (χ3v) is 7.63. The van der Waals surface area contributed by atoms with Gasteiger partial charge in [0.25, 0.3) is 0 Å². The Morgan fingerprint density at radius 3 is 2.33 bits per heavy atom. The molecule has 0 aliphatic carbocycles. The van der Waals surface area contributed by atoms with Crippen LogP contribution in [0.5, 0.6) is 5.88 Å². The largest absolute Gasteiger partial charge is 0.492 e. The summed E-state index contributed by atoms with van der Waals surface area (Å²) in [6.07, 6.45) is 0. The fourth-order valence-corrected chi connectivity index (χ4v) is 5.88. The topological polar surface area (TPSA) is 56.9 Å². The molecule has 172 valence electrons. The van der Waals surface area contributed by atoms with Crippen molar-refractivity contribution in [3.8, 4) is 5.88 Å². The number of aromatic hydroxyl groups is 1. The summed E-state index contributed by atoms with van der Waals surface area (Å²) in [6.45, 7) is 9.77. The Labute approximate surface area is 203 Å². The zero-order valence-electron chi connectivity index (χ0n) is 19.1. The van der Waals surface area contributed by atoms with E-state index in [0.717, 1.165) is 46.7 Å². The predicted molar refractivity (Wildman–Crippen MR) is 135 cm³/mol. The summed E-state index contributed by atoms with van der Waals surface area (Å²) in [7, 11) is 0. The Hall–Kier alpha value is -2.61. The number of piperazine rings is 1. The van der Waals surface area contributed by atoms with Crippen molar-refractivity contribution < 1.29 is 5.11 Å². The molecule has 3 heterocycles. The number of nitrogens with zero attached hydrogens (tertiary/aromatic N) is 5. The lowest BCUT2D eigenvalue weighted by Crippen LogP contribution is -2.47. The number of anilines is 1. The standard InChI is InChI=1S/C25H28ClN5OS/c1-16(2)18-7-9-19(10-8-18)22(23-24(32)31-25(33-23)27-17(3)28-31)30-13-11-29(12-14-30)21-6-4-5-20(26)15-21/h4-10,15-16,22,32H,11-14H2,1-3H3. The van der Waals surface area contributed by atoms with Gasteiger partial charge < -0.3 is 10.0 Å². The predicted octanol–water partition coefficient (Wildman–Crippen LogP) is 5.49. The first kappa shape index (κ1) is 22.2. The number of hydrogen-bond donors (Lipinski definition) is 1. The minimum Gasteiger partial charge on any atom is -0.492 e. The van der Waals surface area contributed by atoms with Crippen LogP contribution in [0.4, 0.5) is 5.69 Å². The summed E-state index contributed by atoms with van der Waals surface area (Å²) in [5.74, 6) is 1.33. The molecule has 1 aliphatic heterocycles. The van der Waals surface area contributed by atoms with E-state index in [1.807, 2.05) is 25.1 Å². The average Bonchev–Trinajstić information content (AvgIpc) is 3.32. The van der Waals surface area contributed by atoms with E-state index in [1.54, 1.807) is 4.52 Å². The summed E-state index contributed by atoms with van der Waals surface area (Å²) in [4.78, 5) is 10.9. The van der Waals surface area contributed by atoms with Crippen LogP contribution >= 0.6 is 22.9 Å². The van der Waals surface area contributed by atoms with Crippen molar-refractivity contribution in [1.82, 2.24) is 19.5 Å². The molecule has 6 nitrogen and oxygen atoms in total. The van der Waals surface area contributed by atoms with Gasteiger partial charge in [0.2, 0.25) is 10.8 Å². The van der Waals surface area contributed by atoms with E-state index in [0.29, 0.717) is 11.7 Å². The molecule has 0 saturated carbocycles. The lowest BCUT2D eigenvalue weighted by molar-refractivity contribution is 0.211. The second kappa shape index (κ2) is 8.97. The van der Waals surface area contributed by atoms with E-state index in [-0.39, 0.29) is 11.9 Å². The highest BCUT2D eigenvalue weighted by Crippen LogP contribution is 2.40. The molecule has 1 fully saturated rings. The van der Waals surface area contributed by atoms with Crippen LogP contribution < -0.4 is 4.90 Å². The molecule has 8 heteroatoms. The van der Waals surface area contributed by atoms with Crippen LogP contribution in [0.2, 0.25) is 5.02 Å². The summed E-state index contributed by atoms with van der Waals surface area (Å²) in [6, 6.07) is 16.8. The Kier molecular flexibility index (Phi) is 6.03. The van der Waals surface area contributed by atoms with Crippen molar-refractivity contribution in [1.29, 1.82) is 0 Å². The van der Waals surface area contributed by atoms with Gasteiger partial charge in [0.1, 0.15) is 5.82 Å². The maximum atomic E-state index is 11.1. The van der Waals surface area contributed by atoms with Gasteiger partial charge >= 0.3 is 0 Å². The molecular weight excluding hydrogens is 454 g/mol. The fraction of sp³-hybridized carbons (Fsp3) is 0.360. The van der Waals surface area contributed by atoms with Gasteiger partial charge in [-0.25, -0.2) is 4.98 Å². The van der Waals surface area contributed by atoms with Crippen molar-refractivity contribution in [3.05, 3.63) is 75.4 Å². The smallest absolute Gasteiger partial charge is 0.230 e. The Morgan fingerprint density at radius 2 is 1.70 bits per heavy atom. The van der Waals surface area contributed by atoms with Crippen molar-refractivity contribution in [2.75, 3.05) is 31.1 Å². The van der Waals surface area contributed by atoms with Gasteiger partial charge in [0.15, 0.2) is 0 Å². The third-order valence-electron chi connectivity index (χ3n) is 6.33. The average molecular weight is 482 g/mol. The first-order valence-electron chi connectivity index (χ1n) is 11.3. The highest BCUT2D eigenvalue weighted by molar-refractivity contribution is 7.17. The molecule has 2 aromatic carbocycles. The molecule has 1 unspecified atom stereocenters. The van der Waals surface area contributed by atoms with Gasteiger partial charge in [-0.2, -0.15) is 4.52 Å². The van der Waals surface area contributed by atoms with Crippen LogP contribution in [-0.2, 0) is 0 Å². The molecule has 4 aromatic rings. The first-order chi connectivity index (χ1) is 15.9. The number of aryl methyl sites for hydroxylation is 1. The highest BCUT2D eigenvalue weighted by atomic mass is 35.5. The van der Waals surface area contributed by atoms with Gasteiger partial charge in [0.05, 0.1) is 10.9 Å². The zero-order valence-corrected chi connectivity index (χ0v) is 20.6. The van der Waals surface area contributed by atoms with Crippen LogP contribution in [0.3, 0.4) is 0 Å². The monoisotopic (exact) mass is 481 g/mol. The van der Waals surface area contributed by atoms with Crippen LogP contribution in [-0.4, -0.2) is 50.8 Å². The lowest BCUT2D eigenvalue weighted by atomic mass is 9.97. The fourth-order valence-electron chi connectivity index (χ4n) is 4.53. The minimum atomic E-state index is -0.0541. The molecule has 1 atom stereocenters. The molecule has 2 aromatic heterocycles. The molecule has 1 N–H and O–H groups in total. The summed E-state index contributed by atoms with van der Waals surface area (Å²) in [5.41, 5.74) is 3.63. The number of aromatic nitrogens is 3. The molecule has 1 aliphatic rings. The quantitative estimate of drug-likeness (QED) is 0.408. The molecular formula is C25H28ClN5OS. The van der Waals surface area contributed by atoms with E-state index >= 15 is 0 Å². The van der Waals surface area contributed by atoms with Gasteiger partial charge in [-0.05, 0) is 42.2 Å². The maximum Gasteiger partial charge on any atom is 0.230 e. The van der Waals surface area contributed by atoms with Crippen LogP contribution in [0.1, 0.15) is 47.6 Å². The van der Waals surface area contributed by atoms with Crippen molar-refractivity contribution in [2.24, 2.45) is 0 Å². The van der Waals surface area contributed by atoms with Gasteiger partial charge in [-0.15, -0.1) is 5.10 Å². The number of rotatable bonds is 5. The van der Waals surface area contributed by atoms with Crippen LogP contribution in [0.25, 0.3) is 4.96 Å². The summed E-state index contributed by atoms with van der Waals surface area (Å²) < 4.78 is 1.56. The molecule has 1 saturated heterocycles. The summed E-state index contributed by atoms with van der Waals surface area (Å²) in [5, 5.41) is 16.2.